The van der Waals surface area contributed by atoms with Gasteiger partial charge in [0, 0.05) is 37.9 Å². The average molecular weight is 351 g/mol. The van der Waals surface area contributed by atoms with Crippen LogP contribution >= 0.6 is 0 Å². The maximum atomic E-state index is 12.4. The number of hydrogen-bond acceptors (Lipinski definition) is 5. The van der Waals surface area contributed by atoms with E-state index in [0.717, 1.165) is 13.1 Å². The molecule has 2 aromatic carbocycles. The number of hydrogen-bond donors (Lipinski definition) is 0. The number of carbonyl (C=O) groups is 1. The van der Waals surface area contributed by atoms with E-state index in [9.17, 15) is 4.79 Å². The standard InChI is InChI=1S/C20H21N3O3/c1-25-19-13-16(14-21)7-8-18(19)26-15-20(24)23-11-9-22(10-12-23)17-5-3-2-4-6-17/h2-8,13H,9-12,15H2,1H3. The van der Waals surface area contributed by atoms with E-state index < -0.39 is 0 Å². The zero-order valence-electron chi connectivity index (χ0n) is 14.7. The van der Waals surface area contributed by atoms with Crippen LogP contribution in [0.5, 0.6) is 11.5 Å². The number of methoxy groups -OCH3 is 1. The smallest absolute Gasteiger partial charge is 0.260 e. The highest BCUT2D eigenvalue weighted by molar-refractivity contribution is 5.78. The predicted molar refractivity (Wildman–Crippen MR) is 98.4 cm³/mol. The maximum absolute atomic E-state index is 12.4. The Hall–Kier alpha value is -3.20. The van der Waals surface area contributed by atoms with Crippen LogP contribution in [0.25, 0.3) is 0 Å². The van der Waals surface area contributed by atoms with Crippen molar-refractivity contribution < 1.29 is 14.3 Å². The van der Waals surface area contributed by atoms with Gasteiger partial charge < -0.3 is 19.3 Å². The Bertz CT molecular complexity index is 794. The second-order valence-electron chi connectivity index (χ2n) is 5.97. The van der Waals surface area contributed by atoms with Crippen LogP contribution in [-0.2, 0) is 4.79 Å². The van der Waals surface area contributed by atoms with E-state index in [1.54, 1.807) is 18.2 Å². The first kappa shape index (κ1) is 17.6. The Morgan fingerprint density at radius 1 is 1.08 bits per heavy atom. The van der Waals surface area contributed by atoms with Crippen LogP contribution in [0.3, 0.4) is 0 Å². The van der Waals surface area contributed by atoms with Gasteiger partial charge in [-0.15, -0.1) is 0 Å². The van der Waals surface area contributed by atoms with Gasteiger partial charge in [-0.2, -0.15) is 5.26 Å². The number of nitriles is 1. The van der Waals surface area contributed by atoms with Gasteiger partial charge in [-0.25, -0.2) is 0 Å². The highest BCUT2D eigenvalue weighted by atomic mass is 16.5. The third-order valence-corrected chi connectivity index (χ3v) is 4.40. The Morgan fingerprint density at radius 2 is 1.81 bits per heavy atom. The van der Waals surface area contributed by atoms with Gasteiger partial charge in [-0.3, -0.25) is 4.79 Å². The van der Waals surface area contributed by atoms with Crippen LogP contribution in [-0.4, -0.2) is 50.7 Å². The number of nitrogens with zero attached hydrogens (tertiary/aromatic N) is 3. The number of carbonyl (C=O) groups excluding carboxylic acids is 1. The lowest BCUT2D eigenvalue weighted by molar-refractivity contribution is -0.133. The molecule has 1 heterocycles. The quantitative estimate of drug-likeness (QED) is 0.827. The van der Waals surface area contributed by atoms with Gasteiger partial charge in [-0.05, 0) is 24.3 Å². The van der Waals surface area contributed by atoms with Gasteiger partial charge >= 0.3 is 0 Å². The summed E-state index contributed by atoms with van der Waals surface area (Å²) in [6, 6.07) is 17.1. The normalized spacial score (nSPS) is 13.8. The molecule has 0 saturated carbocycles. The van der Waals surface area contributed by atoms with Gasteiger partial charge in [0.05, 0.1) is 18.7 Å². The molecule has 1 fully saturated rings. The highest BCUT2D eigenvalue weighted by Gasteiger charge is 2.22. The topological polar surface area (TPSA) is 65.8 Å². The third-order valence-electron chi connectivity index (χ3n) is 4.40. The van der Waals surface area contributed by atoms with E-state index in [2.05, 4.69) is 17.0 Å². The zero-order valence-corrected chi connectivity index (χ0v) is 14.7. The molecule has 1 aliphatic heterocycles. The second kappa shape index (κ2) is 8.26. The number of anilines is 1. The summed E-state index contributed by atoms with van der Waals surface area (Å²) in [6.45, 7) is 2.89. The minimum absolute atomic E-state index is 0.0480. The molecule has 3 rings (SSSR count). The largest absolute Gasteiger partial charge is 0.493 e. The van der Waals surface area contributed by atoms with Crippen LogP contribution in [0.2, 0.25) is 0 Å². The van der Waals surface area contributed by atoms with E-state index in [1.165, 1.54) is 12.8 Å². The predicted octanol–water partition coefficient (Wildman–Crippen LogP) is 2.29. The van der Waals surface area contributed by atoms with Crippen LogP contribution in [0.4, 0.5) is 5.69 Å². The maximum Gasteiger partial charge on any atom is 0.260 e. The summed E-state index contributed by atoms with van der Waals surface area (Å²) in [6.07, 6.45) is 0. The van der Waals surface area contributed by atoms with Crippen molar-refractivity contribution in [2.75, 3.05) is 44.8 Å². The summed E-state index contributed by atoms with van der Waals surface area (Å²) in [5.41, 5.74) is 1.66. The number of rotatable bonds is 5. The van der Waals surface area contributed by atoms with E-state index in [4.69, 9.17) is 14.7 Å². The van der Waals surface area contributed by atoms with Crippen LogP contribution in [0.15, 0.2) is 48.5 Å². The first-order valence-electron chi connectivity index (χ1n) is 8.50. The lowest BCUT2D eigenvalue weighted by Gasteiger charge is -2.36. The summed E-state index contributed by atoms with van der Waals surface area (Å²) in [7, 11) is 1.51. The van der Waals surface area contributed by atoms with Crippen LogP contribution in [0.1, 0.15) is 5.56 Å². The molecule has 0 unspecified atom stereocenters. The Kier molecular flexibility index (Phi) is 5.59. The molecule has 0 bridgehead atoms. The fraction of sp³-hybridized carbons (Fsp3) is 0.300. The summed E-state index contributed by atoms with van der Waals surface area (Å²) in [5.74, 6) is 0.859. The highest BCUT2D eigenvalue weighted by Crippen LogP contribution is 2.27. The lowest BCUT2D eigenvalue weighted by atomic mass is 10.2. The molecule has 0 radical (unpaired) electrons. The molecular weight excluding hydrogens is 330 g/mol. The third kappa shape index (κ3) is 4.06. The van der Waals surface area contributed by atoms with Crippen molar-refractivity contribution in [1.82, 2.24) is 4.90 Å². The monoisotopic (exact) mass is 351 g/mol. The molecule has 1 aliphatic rings. The molecule has 0 atom stereocenters. The zero-order chi connectivity index (χ0) is 18.4. The fourth-order valence-electron chi connectivity index (χ4n) is 2.94. The molecule has 1 amide bonds. The summed E-state index contributed by atoms with van der Waals surface area (Å²) >= 11 is 0. The summed E-state index contributed by atoms with van der Waals surface area (Å²) in [5, 5.41) is 8.93. The molecule has 0 aliphatic carbocycles. The fourth-order valence-corrected chi connectivity index (χ4v) is 2.94. The number of ether oxygens (including phenoxy) is 2. The minimum Gasteiger partial charge on any atom is -0.493 e. The van der Waals surface area contributed by atoms with Crippen molar-refractivity contribution in [3.8, 4) is 17.6 Å². The van der Waals surface area contributed by atoms with Gasteiger partial charge in [0.1, 0.15) is 0 Å². The number of benzene rings is 2. The molecule has 2 aromatic rings. The van der Waals surface area contributed by atoms with E-state index >= 15 is 0 Å². The van der Waals surface area contributed by atoms with Crippen molar-refractivity contribution in [1.29, 1.82) is 5.26 Å². The van der Waals surface area contributed by atoms with E-state index in [0.29, 0.717) is 30.2 Å². The van der Waals surface area contributed by atoms with Gasteiger partial charge in [0.15, 0.2) is 18.1 Å². The van der Waals surface area contributed by atoms with Gasteiger partial charge in [-0.1, -0.05) is 18.2 Å². The van der Waals surface area contributed by atoms with E-state index in [-0.39, 0.29) is 12.5 Å². The lowest BCUT2D eigenvalue weighted by Crippen LogP contribution is -2.50. The first-order valence-corrected chi connectivity index (χ1v) is 8.50. The minimum atomic E-state index is -0.0517. The summed E-state index contributed by atoms with van der Waals surface area (Å²) in [4.78, 5) is 16.5. The second-order valence-corrected chi connectivity index (χ2v) is 5.97. The molecule has 0 N–H and O–H groups in total. The van der Waals surface area contributed by atoms with Crippen molar-refractivity contribution in [2.24, 2.45) is 0 Å². The molecule has 26 heavy (non-hydrogen) atoms. The Labute approximate surface area is 153 Å². The molecule has 6 nitrogen and oxygen atoms in total. The number of para-hydroxylation sites is 1. The molecule has 0 aromatic heterocycles. The first-order chi connectivity index (χ1) is 12.7. The van der Waals surface area contributed by atoms with E-state index in [1.807, 2.05) is 29.2 Å². The average Bonchev–Trinajstić information content (AvgIpc) is 2.72. The molecule has 6 heteroatoms. The SMILES string of the molecule is COc1cc(C#N)ccc1OCC(=O)N1CCN(c2ccccc2)CC1. The van der Waals surface area contributed by atoms with Gasteiger partial charge in [0.2, 0.25) is 0 Å². The van der Waals surface area contributed by atoms with Crippen LogP contribution in [0, 0.1) is 11.3 Å². The molecule has 0 spiro atoms. The van der Waals surface area contributed by atoms with Gasteiger partial charge in [0.25, 0.3) is 5.91 Å². The van der Waals surface area contributed by atoms with Crippen molar-refractivity contribution in [3.05, 3.63) is 54.1 Å². The van der Waals surface area contributed by atoms with Crippen molar-refractivity contribution >= 4 is 11.6 Å². The molecule has 134 valence electrons. The molecular formula is C20H21N3O3. The Morgan fingerprint density at radius 3 is 2.46 bits per heavy atom. The molecule has 1 saturated heterocycles. The Balaban J connectivity index is 1.53. The van der Waals surface area contributed by atoms with Crippen molar-refractivity contribution in [3.63, 3.8) is 0 Å². The van der Waals surface area contributed by atoms with Crippen molar-refractivity contribution in [2.45, 2.75) is 0 Å². The number of piperazine rings is 1. The number of amides is 1. The van der Waals surface area contributed by atoms with Crippen LogP contribution < -0.4 is 14.4 Å². The summed E-state index contributed by atoms with van der Waals surface area (Å²) < 4.78 is 10.8.